The van der Waals surface area contributed by atoms with Crippen molar-refractivity contribution in [2.75, 3.05) is 84.4 Å². The molecule has 1 heterocycles. The largest absolute Gasteiger partial charge is 0.795 e. The predicted molar refractivity (Wildman–Crippen MR) is 136 cm³/mol. The minimum atomic E-state index is -5.74. The van der Waals surface area contributed by atoms with Crippen LogP contribution in [0.1, 0.15) is 0 Å². The van der Waals surface area contributed by atoms with Gasteiger partial charge in [-0.25, -0.2) is 4.79 Å². The maximum Gasteiger partial charge on any atom is 0.359 e. The van der Waals surface area contributed by atoms with E-state index in [9.17, 15) is 67.9 Å². The summed E-state index contributed by atoms with van der Waals surface area (Å²) in [6.45, 7) is -0.507. The van der Waals surface area contributed by atoms with Crippen LogP contribution >= 0.6 is 22.6 Å². The maximum absolute atomic E-state index is 12.8. The summed E-state index contributed by atoms with van der Waals surface area (Å²) in [5, 5.41) is 24.8. The molecule has 1 fully saturated rings. The third-order valence-corrected chi connectivity index (χ3v) is 12.0. The zero-order valence-corrected chi connectivity index (χ0v) is 24.6. The van der Waals surface area contributed by atoms with Gasteiger partial charge in [-0.05, 0) is 0 Å². The molecule has 0 aliphatic carbocycles. The van der Waals surface area contributed by atoms with Gasteiger partial charge in [-0.15, -0.1) is 0 Å². The average molecular weight is 666 g/mol. The Labute approximate surface area is 234 Å². The summed E-state index contributed by atoms with van der Waals surface area (Å²) in [5.41, 5.74) is 0. The average Bonchev–Trinajstić information content (AvgIpc) is 2.71. The summed E-state index contributed by atoms with van der Waals surface area (Å²) in [7, 11) is -16.2. The van der Waals surface area contributed by atoms with Crippen molar-refractivity contribution in [1.82, 2.24) is 9.80 Å². The van der Waals surface area contributed by atoms with Crippen molar-refractivity contribution < 1.29 is 94.1 Å². The van der Waals surface area contributed by atoms with Crippen molar-refractivity contribution in [2.24, 2.45) is 0 Å². The highest BCUT2D eigenvalue weighted by Crippen LogP contribution is 2.61. The number of nitrogens with zero attached hydrogens (tertiary/aromatic N) is 2. The summed E-state index contributed by atoms with van der Waals surface area (Å²) < 4.78 is 35.7. The van der Waals surface area contributed by atoms with Crippen molar-refractivity contribution in [3.8, 4) is 0 Å². The number of hydrogen-bond acceptors (Lipinski definition) is 10. The summed E-state index contributed by atoms with van der Waals surface area (Å²) in [6, 6.07) is 0. The van der Waals surface area contributed by atoms with Gasteiger partial charge in [0.1, 0.15) is 19.3 Å². The Kier molecular flexibility index (Phi) is 20.4. The van der Waals surface area contributed by atoms with Crippen molar-refractivity contribution in [3.05, 3.63) is 0 Å². The van der Waals surface area contributed by atoms with E-state index in [0.29, 0.717) is 4.90 Å². The Morgan fingerprint density at radius 1 is 0.707 bits per heavy atom. The molecule has 0 bridgehead atoms. The molecule has 246 valence electrons. The van der Waals surface area contributed by atoms with E-state index in [2.05, 4.69) is 0 Å². The van der Waals surface area contributed by atoms with Crippen LogP contribution in [0.4, 0.5) is 0 Å². The van der Waals surface area contributed by atoms with Gasteiger partial charge in [-0.3, -0.25) is 24.0 Å². The summed E-state index contributed by atoms with van der Waals surface area (Å²) in [6.07, 6.45) is -2.33. The van der Waals surface area contributed by atoms with Crippen LogP contribution in [0.5, 0.6) is 0 Å². The third kappa shape index (κ3) is 18.7. The van der Waals surface area contributed by atoms with Gasteiger partial charge in [0.15, 0.2) is 6.54 Å². The van der Waals surface area contributed by atoms with Crippen LogP contribution in [-0.2, 0) is 28.1 Å². The number of carboxylic acids is 3. The summed E-state index contributed by atoms with van der Waals surface area (Å²) >= 11 is 0. The molecule has 0 saturated carbocycles. The first-order valence-electron chi connectivity index (χ1n) is 11.4. The first-order chi connectivity index (χ1) is 17.3. The van der Waals surface area contributed by atoms with Gasteiger partial charge in [-0.2, -0.15) is 0 Å². The highest BCUT2D eigenvalue weighted by atomic mass is 31.2. The van der Waals surface area contributed by atoms with E-state index in [1.54, 1.807) is 0 Å². The number of hydrogen-bond donors (Lipinski definition) is 8. The first kappa shape index (κ1) is 44.1. The van der Waals surface area contributed by atoms with Gasteiger partial charge in [0.25, 0.3) is 0 Å². The Hall–Kier alpha value is -1.38. The maximum atomic E-state index is 12.8. The van der Waals surface area contributed by atoms with E-state index in [-0.39, 0.29) is 80.2 Å². The normalized spacial score (nSPS) is 23.3. The number of carboxylic acid groups (broad SMARTS) is 3. The van der Waals surface area contributed by atoms with Crippen LogP contribution in [0.3, 0.4) is 0 Å². The molecule has 3 atom stereocenters. The zero-order valence-electron chi connectivity index (χ0n) is 22.0. The van der Waals surface area contributed by atoms with E-state index >= 15 is 0 Å². The second kappa shape index (κ2) is 19.0. The molecule has 0 aromatic heterocycles. The van der Waals surface area contributed by atoms with E-state index in [0.717, 1.165) is 0 Å². The minimum absolute atomic E-state index is 0. The molecule has 0 aromatic rings. The van der Waals surface area contributed by atoms with Crippen LogP contribution in [0.25, 0.3) is 0 Å². The Bertz CT molecular complexity index is 922. The van der Waals surface area contributed by atoms with E-state index < -0.39 is 71.4 Å². The van der Waals surface area contributed by atoms with Gasteiger partial charge in [-0.1, -0.05) is 0 Å². The monoisotopic (exact) mass is 666 g/mol. The lowest BCUT2D eigenvalue weighted by Gasteiger charge is -2.36. The van der Waals surface area contributed by atoms with Gasteiger partial charge in [0, 0.05) is 32.3 Å². The molecule has 14 N–H and O–H groups in total. The third-order valence-electron chi connectivity index (χ3n) is 5.92. The van der Waals surface area contributed by atoms with Crippen LogP contribution in [0, 0.1) is 0 Å². The highest BCUT2D eigenvalue weighted by molar-refractivity contribution is 7.72. The Morgan fingerprint density at radius 2 is 1.07 bits per heavy atom. The van der Waals surface area contributed by atoms with Gasteiger partial charge >= 0.3 is 25.5 Å². The molecule has 21 nitrogen and oxygen atoms in total. The van der Waals surface area contributed by atoms with Crippen LogP contribution in [0.2, 0.25) is 0 Å². The first-order valence-corrected chi connectivity index (χ1v) is 16.8. The number of quaternary nitrogens is 2. The van der Waals surface area contributed by atoms with E-state index in [1.165, 1.54) is 9.80 Å². The summed E-state index contributed by atoms with van der Waals surface area (Å²) in [5.74, 6) is -3.46. The van der Waals surface area contributed by atoms with Crippen molar-refractivity contribution in [1.29, 1.82) is 0 Å². The van der Waals surface area contributed by atoms with Gasteiger partial charge in [0.05, 0.1) is 46.6 Å². The fraction of sp³-hybridized carbons (Fsp3) is 0.824. The van der Waals surface area contributed by atoms with Crippen molar-refractivity contribution in [3.63, 3.8) is 0 Å². The second-order valence-corrected chi connectivity index (χ2v) is 15.5. The Balaban J connectivity index is -0.00000481. The topological polar surface area (TPSA) is 380 Å². The molecule has 0 amide bonds. The predicted octanol–water partition coefficient (Wildman–Crippen LogP) is -9.20. The lowest BCUT2D eigenvalue weighted by atomic mass is 10.3. The molecule has 2 unspecified atom stereocenters. The van der Waals surface area contributed by atoms with Gasteiger partial charge in [0.2, 0.25) is 0 Å². The highest BCUT2D eigenvalue weighted by Gasteiger charge is 2.40. The molecular weight excluding hydrogens is 625 g/mol. The lowest BCUT2D eigenvalue weighted by Crippen LogP contribution is -3.15. The molecule has 24 heteroatoms. The molecule has 0 radical (unpaired) electrons. The SMILES string of the molecule is O.O.O.O=C(O)CN1CC[NH+](CC(=O)O)CCN(CC(=O)O)CC[NH+](CP(=O)([O-])C[C@H](P(=O)([O-])O)P(=O)(O)O)CC1. The minimum Gasteiger partial charge on any atom is -0.795 e. The van der Waals surface area contributed by atoms with Crippen LogP contribution < -0.4 is 19.6 Å². The lowest BCUT2D eigenvalue weighted by molar-refractivity contribution is -0.895. The van der Waals surface area contributed by atoms with Gasteiger partial charge < -0.3 is 75.1 Å². The number of nitrogens with one attached hydrogen (secondary N) is 2. The fourth-order valence-corrected chi connectivity index (χ4v) is 10.4. The second-order valence-electron chi connectivity index (χ2n) is 9.20. The standard InChI is InChI=1S/C17H35N4O14P3.3H2O/c22-14(23)9-18-1-3-19(10-15(24)25)5-7-21(8-6-20(4-2-18)11-16(26)27)13-36(28,29)12-17(37(30,31)32)38(33,34)35;;;/h17H,1-13H2,(H,22,23)(H,24,25)(H,26,27)(H,28,29)(H2,30,31,32)(H2,33,34,35);3*1H2. The number of rotatable bonds is 12. The molecule has 1 aliphatic heterocycles. The van der Waals surface area contributed by atoms with Crippen molar-refractivity contribution >= 4 is 40.5 Å². The molecular formula is C17H41N4O17P3. The Morgan fingerprint density at radius 3 is 1.37 bits per heavy atom. The number of carbonyl (C=O) groups is 3. The summed E-state index contributed by atoms with van der Waals surface area (Å²) in [4.78, 5) is 89.5. The van der Waals surface area contributed by atoms with E-state index in [1.807, 2.05) is 0 Å². The van der Waals surface area contributed by atoms with E-state index in [4.69, 9.17) is 0 Å². The molecule has 1 aliphatic rings. The molecule has 0 spiro atoms. The van der Waals surface area contributed by atoms with Crippen LogP contribution in [0.15, 0.2) is 0 Å². The molecule has 0 aromatic carbocycles. The molecule has 1 saturated heterocycles. The quantitative estimate of drug-likeness (QED) is 0.0896. The molecule has 1 rings (SSSR count). The zero-order chi connectivity index (χ0) is 29.3. The van der Waals surface area contributed by atoms with Crippen LogP contribution in [-0.4, -0.2) is 164 Å². The molecule has 41 heavy (non-hydrogen) atoms. The van der Waals surface area contributed by atoms with Crippen molar-refractivity contribution in [2.45, 2.75) is 5.40 Å². The fourth-order valence-electron chi connectivity index (χ4n) is 4.04. The number of aliphatic carboxylic acids is 3. The smallest absolute Gasteiger partial charge is 0.359 e.